The lowest BCUT2D eigenvalue weighted by molar-refractivity contribution is -0.0934. The van der Waals surface area contributed by atoms with Gasteiger partial charge in [0.1, 0.15) is 11.3 Å². The molecule has 3 rings (SSSR count). The fourth-order valence-corrected chi connectivity index (χ4v) is 2.62. The number of aromatic nitrogens is 3. The maximum Gasteiger partial charge on any atom is 0.160 e. The van der Waals surface area contributed by atoms with Crippen molar-refractivity contribution in [2.24, 2.45) is 0 Å². The number of nitrogens with zero attached hydrogens (tertiary/aromatic N) is 3. The van der Waals surface area contributed by atoms with Crippen molar-refractivity contribution in [3.05, 3.63) is 23.7 Å². The van der Waals surface area contributed by atoms with Gasteiger partial charge in [-0.1, -0.05) is 0 Å². The first-order valence-corrected chi connectivity index (χ1v) is 7.25. The Bertz CT molecular complexity index is 606. The van der Waals surface area contributed by atoms with Crippen LogP contribution < -0.4 is 0 Å². The summed E-state index contributed by atoms with van der Waals surface area (Å²) >= 11 is 6.25. The molecular weight excluding hydrogens is 278 g/mol. The number of alkyl halides is 1. The summed E-state index contributed by atoms with van der Waals surface area (Å²) in [5, 5.41) is -0.172. The Morgan fingerprint density at radius 3 is 3.05 bits per heavy atom. The number of hydrogen-bond acceptors (Lipinski definition) is 4. The number of imidazole rings is 1. The lowest BCUT2D eigenvalue weighted by Crippen LogP contribution is -2.32. The fourth-order valence-electron chi connectivity index (χ4n) is 2.46. The third-order valence-corrected chi connectivity index (χ3v) is 3.57. The summed E-state index contributed by atoms with van der Waals surface area (Å²) in [6.45, 7) is 6.49. The minimum absolute atomic E-state index is 0.0263. The van der Waals surface area contributed by atoms with Gasteiger partial charge in [-0.25, -0.2) is 9.97 Å². The first kappa shape index (κ1) is 13.8. The summed E-state index contributed by atoms with van der Waals surface area (Å²) in [7, 11) is 0. The number of halogens is 1. The van der Waals surface area contributed by atoms with E-state index in [1.54, 1.807) is 0 Å². The maximum atomic E-state index is 6.25. The van der Waals surface area contributed by atoms with E-state index in [4.69, 9.17) is 21.1 Å². The number of pyridine rings is 1. The molecule has 0 saturated carbocycles. The third-order valence-electron chi connectivity index (χ3n) is 3.38. The molecule has 20 heavy (non-hydrogen) atoms. The zero-order chi connectivity index (χ0) is 14.1. The second kappa shape index (κ2) is 5.68. The standard InChI is InChI=1S/C14H18ClN3O2/c1-9-5-12-14(16-6-9)18(13(17-12)10(2)15)7-11-8-19-3-4-20-11/h5-6,10-11H,3-4,7-8H2,1-2H3. The Morgan fingerprint density at radius 2 is 2.35 bits per heavy atom. The highest BCUT2D eigenvalue weighted by molar-refractivity contribution is 6.20. The van der Waals surface area contributed by atoms with E-state index in [1.165, 1.54) is 0 Å². The Kier molecular flexibility index (Phi) is 3.92. The number of ether oxygens (including phenoxy) is 2. The molecule has 0 radical (unpaired) electrons. The molecule has 6 heteroatoms. The predicted molar refractivity (Wildman–Crippen MR) is 77.1 cm³/mol. The van der Waals surface area contributed by atoms with Gasteiger partial charge in [0.05, 0.1) is 37.8 Å². The Hall–Kier alpha value is -1.17. The monoisotopic (exact) mass is 295 g/mol. The van der Waals surface area contributed by atoms with Gasteiger partial charge in [0.15, 0.2) is 5.65 Å². The molecule has 0 bridgehead atoms. The summed E-state index contributed by atoms with van der Waals surface area (Å²) in [4.78, 5) is 9.11. The summed E-state index contributed by atoms with van der Waals surface area (Å²) in [5.74, 6) is 0.828. The summed E-state index contributed by atoms with van der Waals surface area (Å²) in [5.41, 5.74) is 2.82. The Labute approximate surface area is 122 Å². The average molecular weight is 296 g/mol. The van der Waals surface area contributed by atoms with Crippen molar-refractivity contribution in [3.63, 3.8) is 0 Å². The summed E-state index contributed by atoms with van der Waals surface area (Å²) in [6, 6.07) is 2.03. The normalized spacial score (nSPS) is 21.2. The quantitative estimate of drug-likeness (QED) is 0.816. The van der Waals surface area contributed by atoms with Crippen LogP contribution in [0.5, 0.6) is 0 Å². The van der Waals surface area contributed by atoms with E-state index in [1.807, 2.05) is 30.7 Å². The minimum atomic E-state index is -0.172. The van der Waals surface area contributed by atoms with Crippen molar-refractivity contribution in [2.75, 3.05) is 19.8 Å². The van der Waals surface area contributed by atoms with Crippen LogP contribution in [-0.2, 0) is 16.0 Å². The van der Waals surface area contributed by atoms with Crippen molar-refractivity contribution in [3.8, 4) is 0 Å². The van der Waals surface area contributed by atoms with Crippen LogP contribution >= 0.6 is 11.6 Å². The molecule has 0 amide bonds. The zero-order valence-corrected chi connectivity index (χ0v) is 12.4. The van der Waals surface area contributed by atoms with E-state index in [-0.39, 0.29) is 11.5 Å². The van der Waals surface area contributed by atoms with E-state index < -0.39 is 0 Å². The lowest BCUT2D eigenvalue weighted by atomic mass is 10.3. The number of fused-ring (bicyclic) bond motifs is 1. The number of aryl methyl sites for hydroxylation is 1. The van der Waals surface area contributed by atoms with Gasteiger partial charge in [0.2, 0.25) is 0 Å². The first-order valence-electron chi connectivity index (χ1n) is 6.81. The Morgan fingerprint density at radius 1 is 1.50 bits per heavy atom. The van der Waals surface area contributed by atoms with Gasteiger partial charge in [-0.15, -0.1) is 11.6 Å². The number of hydrogen-bond donors (Lipinski definition) is 0. The van der Waals surface area contributed by atoms with Gasteiger partial charge in [0, 0.05) is 6.20 Å². The molecule has 1 fully saturated rings. The highest BCUT2D eigenvalue weighted by atomic mass is 35.5. The van der Waals surface area contributed by atoms with Gasteiger partial charge >= 0.3 is 0 Å². The molecule has 3 heterocycles. The molecule has 2 aromatic heterocycles. The van der Waals surface area contributed by atoms with Crippen molar-refractivity contribution in [1.82, 2.24) is 14.5 Å². The van der Waals surface area contributed by atoms with E-state index in [0.717, 1.165) is 22.6 Å². The van der Waals surface area contributed by atoms with Gasteiger partial charge < -0.3 is 14.0 Å². The molecule has 1 aliphatic rings. The minimum Gasteiger partial charge on any atom is -0.376 e. The van der Waals surface area contributed by atoms with E-state index in [9.17, 15) is 0 Å². The first-order chi connectivity index (χ1) is 9.65. The smallest absolute Gasteiger partial charge is 0.160 e. The van der Waals surface area contributed by atoms with Crippen LogP contribution in [0.25, 0.3) is 11.2 Å². The van der Waals surface area contributed by atoms with Crippen molar-refractivity contribution in [1.29, 1.82) is 0 Å². The molecule has 0 spiro atoms. The van der Waals surface area contributed by atoms with Crippen LogP contribution in [-0.4, -0.2) is 40.5 Å². The fraction of sp³-hybridized carbons (Fsp3) is 0.571. The highest BCUT2D eigenvalue weighted by Crippen LogP contribution is 2.24. The van der Waals surface area contributed by atoms with Crippen molar-refractivity contribution >= 4 is 22.8 Å². The lowest BCUT2D eigenvalue weighted by Gasteiger charge is -2.24. The molecule has 5 nitrogen and oxygen atoms in total. The van der Waals surface area contributed by atoms with Crippen molar-refractivity contribution in [2.45, 2.75) is 31.9 Å². The molecule has 2 atom stereocenters. The van der Waals surface area contributed by atoms with Gasteiger partial charge in [-0.3, -0.25) is 0 Å². The van der Waals surface area contributed by atoms with Crippen LogP contribution in [0, 0.1) is 6.92 Å². The molecule has 1 aliphatic heterocycles. The molecule has 1 saturated heterocycles. The second-order valence-corrected chi connectivity index (χ2v) is 5.77. The highest BCUT2D eigenvalue weighted by Gasteiger charge is 2.21. The van der Waals surface area contributed by atoms with E-state index >= 15 is 0 Å². The molecule has 0 aliphatic carbocycles. The molecule has 2 aromatic rings. The molecule has 0 N–H and O–H groups in total. The second-order valence-electron chi connectivity index (χ2n) is 5.12. The Balaban J connectivity index is 1.99. The molecule has 0 aromatic carbocycles. The summed E-state index contributed by atoms with van der Waals surface area (Å²) < 4.78 is 13.2. The van der Waals surface area contributed by atoms with E-state index in [2.05, 4.69) is 9.97 Å². The largest absolute Gasteiger partial charge is 0.376 e. The zero-order valence-electron chi connectivity index (χ0n) is 11.7. The van der Waals surface area contributed by atoms with Crippen LogP contribution in [0.1, 0.15) is 23.7 Å². The third kappa shape index (κ3) is 2.66. The van der Waals surface area contributed by atoms with Gasteiger partial charge in [-0.2, -0.15) is 0 Å². The van der Waals surface area contributed by atoms with Crippen LogP contribution in [0.15, 0.2) is 12.3 Å². The van der Waals surface area contributed by atoms with E-state index in [0.29, 0.717) is 26.4 Å². The number of rotatable bonds is 3. The molecule has 2 unspecified atom stereocenters. The molecular formula is C14H18ClN3O2. The summed E-state index contributed by atoms with van der Waals surface area (Å²) in [6.07, 6.45) is 1.87. The SMILES string of the molecule is Cc1cnc2c(c1)nc(C(C)Cl)n2CC1COCCO1. The van der Waals surface area contributed by atoms with Crippen LogP contribution in [0.4, 0.5) is 0 Å². The average Bonchev–Trinajstić information content (AvgIpc) is 2.78. The molecule has 108 valence electrons. The van der Waals surface area contributed by atoms with Crippen LogP contribution in [0.3, 0.4) is 0 Å². The predicted octanol–water partition coefficient (Wildman–Crippen LogP) is 2.45. The van der Waals surface area contributed by atoms with Gasteiger partial charge in [0.25, 0.3) is 0 Å². The van der Waals surface area contributed by atoms with Crippen molar-refractivity contribution < 1.29 is 9.47 Å². The van der Waals surface area contributed by atoms with Gasteiger partial charge in [-0.05, 0) is 25.5 Å². The maximum absolute atomic E-state index is 6.25. The van der Waals surface area contributed by atoms with Crippen LogP contribution in [0.2, 0.25) is 0 Å². The topological polar surface area (TPSA) is 49.2 Å².